The summed E-state index contributed by atoms with van der Waals surface area (Å²) in [6, 6.07) is 4.19. The molecule has 0 aliphatic rings. The number of hydrogen-bond acceptors (Lipinski definition) is 3. The first kappa shape index (κ1) is 13.9. The molecule has 1 N–H and O–H groups in total. The van der Waals surface area contributed by atoms with Gasteiger partial charge in [-0.15, -0.1) is 0 Å². The van der Waals surface area contributed by atoms with Crippen LogP contribution in [0, 0.1) is 6.92 Å². The Hall–Kier alpha value is -1.14. The number of carbonyl (C=O) groups is 1. The average Bonchev–Trinajstić information content (AvgIpc) is 2.14. The van der Waals surface area contributed by atoms with Crippen molar-refractivity contribution in [2.45, 2.75) is 11.8 Å². The molecule has 0 spiro atoms. The Morgan fingerprint density at radius 3 is 2.53 bits per heavy atom. The summed E-state index contributed by atoms with van der Waals surface area (Å²) in [5.74, 6) is -1.39. The lowest BCUT2D eigenvalue weighted by Crippen LogP contribution is -2.11. The third kappa shape index (κ3) is 3.17. The smallest absolute Gasteiger partial charge is 0.335 e. The van der Waals surface area contributed by atoms with Crippen molar-refractivity contribution in [3.05, 3.63) is 40.4 Å². The lowest BCUT2D eigenvalue weighted by molar-refractivity contribution is 0.0696. The maximum atomic E-state index is 12.0. The second-order valence-corrected chi connectivity index (χ2v) is 6.59. The Morgan fingerprint density at radius 1 is 1.47 bits per heavy atom. The second-order valence-electron chi connectivity index (χ2n) is 3.51. The first-order chi connectivity index (χ1) is 7.75. The molecule has 1 rings (SSSR count). The lowest BCUT2D eigenvalue weighted by Gasteiger charge is -2.09. The van der Waals surface area contributed by atoms with Gasteiger partial charge in [-0.25, -0.2) is 13.2 Å². The fourth-order valence-corrected chi connectivity index (χ4v) is 3.80. The van der Waals surface area contributed by atoms with Crippen LogP contribution >= 0.6 is 15.9 Å². The molecule has 1 aromatic rings. The normalized spacial score (nSPS) is 11.2. The highest BCUT2D eigenvalue weighted by Crippen LogP contribution is 2.22. The summed E-state index contributed by atoms with van der Waals surface area (Å²) >= 11 is 2.99. The highest BCUT2D eigenvalue weighted by Gasteiger charge is 2.20. The summed E-state index contributed by atoms with van der Waals surface area (Å²) in [4.78, 5) is 10.9. The molecule has 0 unspecified atom stereocenters. The highest BCUT2D eigenvalue weighted by atomic mass is 79.9. The van der Waals surface area contributed by atoms with Crippen LogP contribution in [0.4, 0.5) is 0 Å². The van der Waals surface area contributed by atoms with Gasteiger partial charge in [0, 0.05) is 4.48 Å². The van der Waals surface area contributed by atoms with Crippen molar-refractivity contribution in [3.8, 4) is 0 Å². The van der Waals surface area contributed by atoms with Crippen LogP contribution < -0.4 is 0 Å². The molecule has 6 heteroatoms. The first-order valence-electron chi connectivity index (χ1n) is 4.64. The zero-order valence-electron chi connectivity index (χ0n) is 9.10. The topological polar surface area (TPSA) is 71.4 Å². The summed E-state index contributed by atoms with van der Waals surface area (Å²) in [5.41, 5.74) is 0.236. The Bertz CT molecular complexity index is 575. The van der Waals surface area contributed by atoms with Gasteiger partial charge < -0.3 is 5.11 Å². The van der Waals surface area contributed by atoms with E-state index in [0.29, 0.717) is 4.48 Å². The SMILES string of the molecule is C=C(Br)CS(=O)(=O)c1cccc(C(=O)O)c1C. The minimum atomic E-state index is -3.56. The number of halogens is 1. The van der Waals surface area contributed by atoms with E-state index in [4.69, 9.17) is 5.11 Å². The number of benzene rings is 1. The van der Waals surface area contributed by atoms with E-state index >= 15 is 0 Å². The molecule has 0 fully saturated rings. The third-order valence-corrected chi connectivity index (χ3v) is 4.69. The monoisotopic (exact) mass is 318 g/mol. The summed E-state index contributed by atoms with van der Waals surface area (Å²) in [6.45, 7) is 4.95. The van der Waals surface area contributed by atoms with Gasteiger partial charge in [-0.05, 0) is 24.6 Å². The van der Waals surface area contributed by atoms with Gasteiger partial charge in [0.25, 0.3) is 0 Å². The summed E-state index contributed by atoms with van der Waals surface area (Å²) in [6.07, 6.45) is 0. The summed E-state index contributed by atoms with van der Waals surface area (Å²) in [5, 5.41) is 8.92. The van der Waals surface area contributed by atoms with Crippen LogP contribution in [0.15, 0.2) is 34.2 Å². The van der Waals surface area contributed by atoms with Crippen molar-refractivity contribution in [2.24, 2.45) is 0 Å². The molecule has 4 nitrogen and oxygen atoms in total. The van der Waals surface area contributed by atoms with E-state index < -0.39 is 15.8 Å². The van der Waals surface area contributed by atoms with Gasteiger partial charge in [0.15, 0.2) is 9.84 Å². The van der Waals surface area contributed by atoms with Gasteiger partial charge in [-0.1, -0.05) is 28.6 Å². The van der Waals surface area contributed by atoms with Gasteiger partial charge in [-0.3, -0.25) is 0 Å². The Labute approximate surface area is 108 Å². The van der Waals surface area contributed by atoms with Crippen LogP contribution in [-0.4, -0.2) is 25.2 Å². The molecule has 0 amide bonds. The number of hydrogen-bond donors (Lipinski definition) is 1. The van der Waals surface area contributed by atoms with Crippen molar-refractivity contribution >= 4 is 31.7 Å². The fraction of sp³-hybridized carbons (Fsp3) is 0.182. The van der Waals surface area contributed by atoms with E-state index in [0.717, 1.165) is 0 Å². The molecular formula is C11H11BrO4S. The minimum absolute atomic E-state index is 0.00809. The molecule has 17 heavy (non-hydrogen) atoms. The predicted octanol–water partition coefficient (Wildman–Crippen LogP) is 2.38. The van der Waals surface area contributed by atoms with E-state index in [1.165, 1.54) is 25.1 Å². The molecule has 0 saturated carbocycles. The van der Waals surface area contributed by atoms with Crippen LogP contribution in [-0.2, 0) is 9.84 Å². The van der Waals surface area contributed by atoms with E-state index in [-0.39, 0.29) is 21.8 Å². The van der Waals surface area contributed by atoms with Crippen molar-refractivity contribution in [1.82, 2.24) is 0 Å². The quantitative estimate of drug-likeness (QED) is 0.925. The van der Waals surface area contributed by atoms with Crippen LogP contribution in [0.2, 0.25) is 0 Å². The number of carboxylic acids is 1. The number of rotatable bonds is 4. The molecule has 0 aromatic heterocycles. The Balaban J connectivity index is 3.38. The standard InChI is InChI=1S/C11H11BrO4S/c1-7(12)6-17(15,16)10-5-3-4-9(8(10)2)11(13)14/h3-5H,1,6H2,2H3,(H,13,14). The van der Waals surface area contributed by atoms with Crippen molar-refractivity contribution < 1.29 is 18.3 Å². The maximum absolute atomic E-state index is 12.0. The van der Waals surface area contributed by atoms with Crippen molar-refractivity contribution in [3.63, 3.8) is 0 Å². The minimum Gasteiger partial charge on any atom is -0.478 e. The fourth-order valence-electron chi connectivity index (χ4n) is 1.47. The molecular weight excluding hydrogens is 308 g/mol. The largest absolute Gasteiger partial charge is 0.478 e. The third-order valence-electron chi connectivity index (χ3n) is 2.20. The average molecular weight is 319 g/mol. The van der Waals surface area contributed by atoms with Gasteiger partial charge in [-0.2, -0.15) is 0 Å². The van der Waals surface area contributed by atoms with E-state index in [2.05, 4.69) is 22.5 Å². The Morgan fingerprint density at radius 2 is 2.06 bits per heavy atom. The Kier molecular flexibility index (Phi) is 4.11. The molecule has 1 aromatic carbocycles. The lowest BCUT2D eigenvalue weighted by atomic mass is 10.1. The molecule has 0 aliphatic carbocycles. The number of sulfone groups is 1. The highest BCUT2D eigenvalue weighted by molar-refractivity contribution is 9.11. The van der Waals surface area contributed by atoms with Gasteiger partial charge in [0.1, 0.15) is 0 Å². The first-order valence-corrected chi connectivity index (χ1v) is 7.09. The van der Waals surface area contributed by atoms with Crippen LogP contribution in [0.1, 0.15) is 15.9 Å². The summed E-state index contributed by atoms with van der Waals surface area (Å²) in [7, 11) is -3.56. The van der Waals surface area contributed by atoms with Crippen LogP contribution in [0.5, 0.6) is 0 Å². The summed E-state index contributed by atoms with van der Waals surface area (Å²) < 4.78 is 24.2. The van der Waals surface area contributed by atoms with Gasteiger partial charge >= 0.3 is 5.97 Å². The maximum Gasteiger partial charge on any atom is 0.335 e. The number of aromatic carboxylic acids is 1. The molecule has 0 atom stereocenters. The zero-order chi connectivity index (χ0) is 13.2. The zero-order valence-corrected chi connectivity index (χ0v) is 11.5. The van der Waals surface area contributed by atoms with Crippen molar-refractivity contribution in [1.29, 1.82) is 0 Å². The molecule has 0 radical (unpaired) electrons. The van der Waals surface area contributed by atoms with Gasteiger partial charge in [0.2, 0.25) is 0 Å². The number of carboxylic acid groups (broad SMARTS) is 1. The molecule has 92 valence electrons. The molecule has 0 aliphatic heterocycles. The predicted molar refractivity (Wildman–Crippen MR) is 68.3 cm³/mol. The molecule has 0 bridgehead atoms. The second kappa shape index (κ2) is 5.01. The van der Waals surface area contributed by atoms with Gasteiger partial charge in [0.05, 0.1) is 16.2 Å². The molecule has 0 heterocycles. The van der Waals surface area contributed by atoms with E-state index in [1.54, 1.807) is 0 Å². The van der Waals surface area contributed by atoms with Crippen LogP contribution in [0.3, 0.4) is 0 Å². The van der Waals surface area contributed by atoms with E-state index in [9.17, 15) is 13.2 Å². The van der Waals surface area contributed by atoms with E-state index in [1.807, 2.05) is 0 Å². The molecule has 0 saturated heterocycles. The van der Waals surface area contributed by atoms with Crippen LogP contribution in [0.25, 0.3) is 0 Å². The van der Waals surface area contributed by atoms with Crippen molar-refractivity contribution in [2.75, 3.05) is 5.75 Å².